The zero-order valence-electron chi connectivity index (χ0n) is 10.8. The first-order valence-corrected chi connectivity index (χ1v) is 7.02. The predicted octanol–water partition coefficient (Wildman–Crippen LogP) is 3.03. The van der Waals surface area contributed by atoms with Crippen LogP contribution < -0.4 is 10.1 Å². The number of aryl methyl sites for hydroxylation is 1. The van der Waals surface area contributed by atoms with Crippen molar-refractivity contribution in [2.24, 2.45) is 0 Å². The zero-order valence-corrected chi connectivity index (χ0v) is 11.6. The van der Waals surface area contributed by atoms with E-state index in [1.54, 1.807) is 5.51 Å². The van der Waals surface area contributed by atoms with Crippen molar-refractivity contribution in [2.45, 2.75) is 26.4 Å². The van der Waals surface area contributed by atoms with E-state index in [1.165, 1.54) is 11.3 Å². The third kappa shape index (κ3) is 2.33. The van der Waals surface area contributed by atoms with Crippen molar-refractivity contribution in [1.29, 1.82) is 0 Å². The van der Waals surface area contributed by atoms with E-state index in [1.807, 2.05) is 32.0 Å². The average molecular weight is 274 g/mol. The van der Waals surface area contributed by atoms with E-state index >= 15 is 0 Å². The lowest BCUT2D eigenvalue weighted by Crippen LogP contribution is -2.11. The Hall–Kier alpha value is -1.88. The van der Waals surface area contributed by atoms with Gasteiger partial charge in [0.25, 0.3) is 5.91 Å². The van der Waals surface area contributed by atoms with Gasteiger partial charge in [0.1, 0.15) is 16.7 Å². The van der Waals surface area contributed by atoms with Gasteiger partial charge in [0.05, 0.1) is 11.2 Å². The number of carbonyl (C=O) groups excluding carboxylic acids is 1. The van der Waals surface area contributed by atoms with Gasteiger partial charge in [0, 0.05) is 12.1 Å². The summed E-state index contributed by atoms with van der Waals surface area (Å²) in [6.07, 6.45) is 1.10. The van der Waals surface area contributed by atoms with Crippen LogP contribution in [0.2, 0.25) is 0 Å². The van der Waals surface area contributed by atoms with Gasteiger partial charge in [-0.25, -0.2) is 4.98 Å². The number of benzene rings is 1. The van der Waals surface area contributed by atoms with Gasteiger partial charge in [-0.15, -0.1) is 11.3 Å². The number of anilines is 1. The summed E-state index contributed by atoms with van der Waals surface area (Å²) in [5.74, 6) is 0.811. The summed E-state index contributed by atoms with van der Waals surface area (Å²) in [6, 6.07) is 5.76. The number of carbonyl (C=O) groups is 1. The van der Waals surface area contributed by atoms with Crippen LogP contribution in [-0.2, 0) is 6.42 Å². The topological polar surface area (TPSA) is 51.2 Å². The number of hydrogen-bond acceptors (Lipinski definition) is 4. The van der Waals surface area contributed by atoms with Gasteiger partial charge in [-0.1, -0.05) is 0 Å². The number of nitrogens with zero attached hydrogens (tertiary/aromatic N) is 1. The van der Waals surface area contributed by atoms with E-state index in [2.05, 4.69) is 10.3 Å². The quantitative estimate of drug-likeness (QED) is 0.915. The van der Waals surface area contributed by atoms with Gasteiger partial charge >= 0.3 is 0 Å². The van der Waals surface area contributed by atoms with Crippen LogP contribution in [0, 0.1) is 6.92 Å². The van der Waals surface area contributed by atoms with Crippen molar-refractivity contribution in [3.63, 3.8) is 0 Å². The highest BCUT2D eigenvalue weighted by Gasteiger charge is 2.19. The Bertz CT molecular complexity index is 636. The maximum atomic E-state index is 12.1. The van der Waals surface area contributed by atoms with Gasteiger partial charge in [-0.05, 0) is 37.6 Å². The lowest BCUT2D eigenvalue weighted by atomic mass is 10.1. The van der Waals surface area contributed by atoms with Gasteiger partial charge in [0.15, 0.2) is 0 Å². The van der Waals surface area contributed by atoms with E-state index in [9.17, 15) is 4.79 Å². The van der Waals surface area contributed by atoms with Crippen LogP contribution in [0.5, 0.6) is 5.75 Å². The molecule has 0 aliphatic carbocycles. The van der Waals surface area contributed by atoms with Gasteiger partial charge < -0.3 is 10.1 Å². The molecule has 0 saturated carbocycles. The molecule has 3 rings (SSSR count). The molecule has 19 heavy (non-hydrogen) atoms. The molecular weight excluding hydrogens is 260 g/mol. The maximum absolute atomic E-state index is 12.1. The molecule has 0 radical (unpaired) electrons. The van der Waals surface area contributed by atoms with Crippen LogP contribution >= 0.6 is 11.3 Å². The molecule has 5 heteroatoms. The SMILES string of the molecule is Cc1ncsc1C(=O)Nc1ccc2c(c1)CC(C)O2. The summed E-state index contributed by atoms with van der Waals surface area (Å²) >= 11 is 1.35. The molecule has 0 spiro atoms. The minimum atomic E-state index is -0.105. The number of fused-ring (bicyclic) bond motifs is 1. The summed E-state index contributed by atoms with van der Waals surface area (Å²) < 4.78 is 5.64. The Morgan fingerprint density at radius 2 is 2.37 bits per heavy atom. The first kappa shape index (κ1) is 12.2. The fourth-order valence-corrected chi connectivity index (χ4v) is 2.91. The average Bonchev–Trinajstić information content (AvgIpc) is 2.93. The summed E-state index contributed by atoms with van der Waals surface area (Å²) in [7, 11) is 0. The van der Waals surface area contributed by atoms with Gasteiger partial charge in [0.2, 0.25) is 0 Å². The fraction of sp³-hybridized carbons (Fsp3) is 0.286. The molecule has 0 saturated heterocycles. The zero-order chi connectivity index (χ0) is 13.4. The van der Waals surface area contributed by atoms with E-state index < -0.39 is 0 Å². The van der Waals surface area contributed by atoms with E-state index in [4.69, 9.17) is 4.74 Å². The molecule has 1 aliphatic heterocycles. The second-order valence-electron chi connectivity index (χ2n) is 4.68. The number of ether oxygens (including phenoxy) is 1. The molecule has 2 aromatic rings. The highest BCUT2D eigenvalue weighted by Crippen LogP contribution is 2.31. The molecule has 1 aromatic carbocycles. The molecule has 2 heterocycles. The van der Waals surface area contributed by atoms with Crippen LogP contribution in [0.4, 0.5) is 5.69 Å². The van der Waals surface area contributed by atoms with Crippen molar-refractivity contribution in [2.75, 3.05) is 5.32 Å². The molecule has 1 aliphatic rings. The number of rotatable bonds is 2. The number of aromatic nitrogens is 1. The molecule has 1 N–H and O–H groups in total. The minimum Gasteiger partial charge on any atom is -0.490 e. The standard InChI is InChI=1S/C14H14N2O2S/c1-8-5-10-6-11(3-4-12(10)18-8)16-14(17)13-9(2)15-7-19-13/h3-4,6-8H,5H2,1-2H3,(H,16,17). The van der Waals surface area contributed by atoms with Crippen molar-refractivity contribution in [1.82, 2.24) is 4.98 Å². The van der Waals surface area contributed by atoms with E-state index in [0.717, 1.165) is 29.1 Å². The molecule has 1 unspecified atom stereocenters. The summed E-state index contributed by atoms with van der Waals surface area (Å²) in [4.78, 5) is 16.8. The molecule has 1 atom stereocenters. The lowest BCUT2D eigenvalue weighted by molar-refractivity contribution is 0.103. The monoisotopic (exact) mass is 274 g/mol. The Morgan fingerprint density at radius 3 is 3.11 bits per heavy atom. The summed E-state index contributed by atoms with van der Waals surface area (Å²) in [5, 5.41) is 2.91. The van der Waals surface area contributed by atoms with Crippen molar-refractivity contribution in [3.8, 4) is 5.75 Å². The normalized spacial score (nSPS) is 16.8. The number of nitrogens with one attached hydrogen (secondary N) is 1. The largest absolute Gasteiger partial charge is 0.490 e. The molecular formula is C14H14N2O2S. The number of thiazole rings is 1. The minimum absolute atomic E-state index is 0.105. The molecule has 98 valence electrons. The van der Waals surface area contributed by atoms with Crippen LogP contribution in [-0.4, -0.2) is 17.0 Å². The maximum Gasteiger partial charge on any atom is 0.267 e. The molecule has 1 amide bonds. The second kappa shape index (κ2) is 4.66. The first-order chi connectivity index (χ1) is 9.13. The second-order valence-corrected chi connectivity index (χ2v) is 5.53. The van der Waals surface area contributed by atoms with Crippen LogP contribution in [0.25, 0.3) is 0 Å². The van der Waals surface area contributed by atoms with Crippen LogP contribution in [0.1, 0.15) is 27.9 Å². The molecule has 0 bridgehead atoms. The van der Waals surface area contributed by atoms with Crippen LogP contribution in [0.3, 0.4) is 0 Å². The Labute approximate surface area is 115 Å². The smallest absolute Gasteiger partial charge is 0.267 e. The first-order valence-electron chi connectivity index (χ1n) is 6.14. The number of hydrogen-bond donors (Lipinski definition) is 1. The fourth-order valence-electron chi connectivity index (χ4n) is 2.21. The van der Waals surface area contributed by atoms with Crippen molar-refractivity contribution in [3.05, 3.63) is 39.8 Å². The molecule has 0 fully saturated rings. The van der Waals surface area contributed by atoms with Crippen molar-refractivity contribution >= 4 is 22.9 Å². The Kier molecular flexibility index (Phi) is 2.98. The third-order valence-corrected chi connectivity index (χ3v) is 4.03. The summed E-state index contributed by atoms with van der Waals surface area (Å²) in [6.45, 7) is 3.88. The van der Waals surface area contributed by atoms with Gasteiger partial charge in [-0.3, -0.25) is 4.79 Å². The van der Waals surface area contributed by atoms with Crippen LogP contribution in [0.15, 0.2) is 23.7 Å². The Balaban J connectivity index is 1.80. The lowest BCUT2D eigenvalue weighted by Gasteiger charge is -2.06. The molecule has 4 nitrogen and oxygen atoms in total. The number of amides is 1. The van der Waals surface area contributed by atoms with E-state index in [-0.39, 0.29) is 12.0 Å². The predicted molar refractivity (Wildman–Crippen MR) is 75.0 cm³/mol. The van der Waals surface area contributed by atoms with Crippen molar-refractivity contribution < 1.29 is 9.53 Å². The Morgan fingerprint density at radius 1 is 1.53 bits per heavy atom. The summed E-state index contributed by atoms with van der Waals surface area (Å²) in [5.41, 5.74) is 4.39. The highest BCUT2D eigenvalue weighted by atomic mass is 32.1. The highest BCUT2D eigenvalue weighted by molar-refractivity contribution is 7.12. The third-order valence-electron chi connectivity index (χ3n) is 3.11. The molecule has 1 aromatic heterocycles. The van der Waals surface area contributed by atoms with Gasteiger partial charge in [-0.2, -0.15) is 0 Å². The van der Waals surface area contributed by atoms with E-state index in [0.29, 0.717) is 4.88 Å².